The van der Waals surface area contributed by atoms with Gasteiger partial charge in [-0.05, 0) is 24.8 Å². The van der Waals surface area contributed by atoms with E-state index in [2.05, 4.69) is 27.8 Å². The van der Waals surface area contributed by atoms with Crippen LogP contribution in [0.4, 0.5) is 4.79 Å². The van der Waals surface area contributed by atoms with Gasteiger partial charge in [0.05, 0.1) is 31.1 Å². The number of piperidine rings is 1. The SMILES string of the molecule is COCc1nnn2c1COC1(CCN(C(=O)NCCc3ccccc3)CC1)C2. The summed E-state index contributed by atoms with van der Waals surface area (Å²) in [5.41, 5.74) is 2.81. The maximum absolute atomic E-state index is 12.5. The topological polar surface area (TPSA) is 81.5 Å². The summed E-state index contributed by atoms with van der Waals surface area (Å²) in [7, 11) is 1.65. The van der Waals surface area contributed by atoms with Crippen LogP contribution in [0.1, 0.15) is 29.8 Å². The summed E-state index contributed by atoms with van der Waals surface area (Å²) in [5.74, 6) is 0. The van der Waals surface area contributed by atoms with E-state index >= 15 is 0 Å². The second-order valence-electron chi connectivity index (χ2n) is 7.50. The first-order valence-corrected chi connectivity index (χ1v) is 9.80. The van der Waals surface area contributed by atoms with Gasteiger partial charge in [0.1, 0.15) is 5.69 Å². The number of rotatable bonds is 5. The van der Waals surface area contributed by atoms with Gasteiger partial charge in [0.2, 0.25) is 0 Å². The quantitative estimate of drug-likeness (QED) is 0.848. The first-order chi connectivity index (χ1) is 13.7. The molecule has 1 N–H and O–H groups in total. The van der Waals surface area contributed by atoms with E-state index in [1.807, 2.05) is 27.8 Å². The van der Waals surface area contributed by atoms with Crippen LogP contribution >= 0.6 is 0 Å². The van der Waals surface area contributed by atoms with E-state index in [1.165, 1.54) is 5.56 Å². The zero-order chi connectivity index (χ0) is 19.4. The number of hydrogen-bond acceptors (Lipinski definition) is 5. The highest BCUT2D eigenvalue weighted by Crippen LogP contribution is 2.33. The summed E-state index contributed by atoms with van der Waals surface area (Å²) in [4.78, 5) is 14.3. The lowest BCUT2D eigenvalue weighted by atomic mass is 9.90. The lowest BCUT2D eigenvalue weighted by Crippen LogP contribution is -2.54. The molecule has 0 atom stereocenters. The number of nitrogens with one attached hydrogen (secondary N) is 1. The number of aromatic nitrogens is 3. The van der Waals surface area contributed by atoms with Crippen molar-refractivity contribution in [2.24, 2.45) is 0 Å². The summed E-state index contributed by atoms with van der Waals surface area (Å²) in [6.07, 6.45) is 2.45. The molecular weight excluding hydrogens is 358 g/mol. The van der Waals surface area contributed by atoms with Gasteiger partial charge in [-0.15, -0.1) is 5.10 Å². The van der Waals surface area contributed by atoms with Crippen molar-refractivity contribution in [3.63, 3.8) is 0 Å². The molecule has 2 aliphatic rings. The number of hydrogen-bond donors (Lipinski definition) is 1. The Morgan fingerprint density at radius 2 is 2.07 bits per heavy atom. The molecule has 0 unspecified atom stereocenters. The largest absolute Gasteiger partial charge is 0.378 e. The third-order valence-corrected chi connectivity index (χ3v) is 5.65. The number of urea groups is 1. The standard InChI is InChI=1S/C20H27N5O3/c1-27-13-17-18-14-28-20(15-25(18)23-22-17)8-11-24(12-9-20)19(26)21-10-7-16-5-3-2-4-6-16/h2-6H,7-15H2,1H3,(H,21,26). The van der Waals surface area contributed by atoms with Gasteiger partial charge in [-0.2, -0.15) is 0 Å². The first-order valence-electron chi connectivity index (χ1n) is 9.80. The lowest BCUT2D eigenvalue weighted by Gasteiger charge is -2.43. The Morgan fingerprint density at radius 1 is 1.29 bits per heavy atom. The molecule has 8 heteroatoms. The molecule has 1 aromatic carbocycles. The van der Waals surface area contributed by atoms with Crippen molar-refractivity contribution in [1.82, 2.24) is 25.2 Å². The van der Waals surface area contributed by atoms with Crippen molar-refractivity contribution in [2.45, 2.75) is 44.6 Å². The molecule has 2 aliphatic heterocycles. The Bertz CT molecular complexity index is 799. The number of amides is 2. The van der Waals surface area contributed by atoms with Crippen LogP contribution in [0, 0.1) is 0 Å². The summed E-state index contributed by atoms with van der Waals surface area (Å²) in [6, 6.07) is 10.2. The highest BCUT2D eigenvalue weighted by Gasteiger charge is 2.41. The maximum atomic E-state index is 12.5. The number of nitrogens with zero attached hydrogens (tertiary/aromatic N) is 4. The van der Waals surface area contributed by atoms with Gasteiger partial charge in [0.25, 0.3) is 0 Å². The van der Waals surface area contributed by atoms with Gasteiger partial charge >= 0.3 is 6.03 Å². The number of carbonyl (C=O) groups is 1. The van der Waals surface area contributed by atoms with E-state index < -0.39 is 0 Å². The molecule has 0 bridgehead atoms. The van der Waals surface area contributed by atoms with Crippen molar-refractivity contribution in [1.29, 1.82) is 0 Å². The monoisotopic (exact) mass is 385 g/mol. The van der Waals surface area contributed by atoms with Crippen molar-refractivity contribution < 1.29 is 14.3 Å². The molecule has 1 spiro atoms. The van der Waals surface area contributed by atoms with Crippen LogP contribution in [0.15, 0.2) is 30.3 Å². The number of carbonyl (C=O) groups excluding carboxylic acids is 1. The van der Waals surface area contributed by atoms with Gasteiger partial charge in [-0.25, -0.2) is 9.48 Å². The van der Waals surface area contributed by atoms with E-state index in [0.717, 1.165) is 30.7 Å². The first kappa shape index (κ1) is 18.9. The van der Waals surface area contributed by atoms with Gasteiger partial charge in [-0.3, -0.25) is 0 Å². The smallest absolute Gasteiger partial charge is 0.317 e. The number of benzene rings is 1. The van der Waals surface area contributed by atoms with Gasteiger partial charge in [0.15, 0.2) is 0 Å². The minimum Gasteiger partial charge on any atom is -0.378 e. The van der Waals surface area contributed by atoms with Crippen LogP contribution in [0.25, 0.3) is 0 Å². The van der Waals surface area contributed by atoms with E-state index in [9.17, 15) is 4.79 Å². The van der Waals surface area contributed by atoms with E-state index in [4.69, 9.17) is 9.47 Å². The van der Waals surface area contributed by atoms with Crippen LogP contribution < -0.4 is 5.32 Å². The number of likely N-dealkylation sites (tertiary alicyclic amines) is 1. The second kappa shape index (κ2) is 8.28. The normalized spacial score (nSPS) is 18.1. The number of ether oxygens (including phenoxy) is 2. The van der Waals surface area contributed by atoms with Crippen molar-refractivity contribution in [3.05, 3.63) is 47.3 Å². The van der Waals surface area contributed by atoms with E-state index in [0.29, 0.717) is 39.4 Å². The minimum atomic E-state index is -0.258. The molecule has 0 aliphatic carbocycles. The fourth-order valence-electron chi connectivity index (χ4n) is 3.93. The van der Waals surface area contributed by atoms with Crippen LogP contribution in [-0.4, -0.2) is 58.3 Å². The average Bonchev–Trinajstić information content (AvgIpc) is 3.11. The zero-order valence-electron chi connectivity index (χ0n) is 16.3. The van der Waals surface area contributed by atoms with Crippen LogP contribution in [-0.2, 0) is 35.7 Å². The molecule has 1 fully saturated rings. The molecule has 8 nitrogen and oxygen atoms in total. The van der Waals surface area contributed by atoms with Crippen LogP contribution in [0.2, 0.25) is 0 Å². The van der Waals surface area contributed by atoms with E-state index in [-0.39, 0.29) is 11.6 Å². The molecule has 3 heterocycles. The molecule has 150 valence electrons. The summed E-state index contributed by atoms with van der Waals surface area (Å²) in [5, 5.41) is 11.5. The van der Waals surface area contributed by atoms with Gasteiger partial charge < -0.3 is 19.7 Å². The van der Waals surface area contributed by atoms with Crippen molar-refractivity contribution >= 4 is 6.03 Å². The van der Waals surface area contributed by atoms with Crippen LogP contribution in [0.3, 0.4) is 0 Å². The minimum absolute atomic E-state index is 0.00502. The Labute approximate surface area is 164 Å². The second-order valence-corrected chi connectivity index (χ2v) is 7.50. The average molecular weight is 385 g/mol. The molecule has 1 saturated heterocycles. The van der Waals surface area contributed by atoms with Crippen molar-refractivity contribution in [2.75, 3.05) is 26.7 Å². The third kappa shape index (κ3) is 4.02. The predicted octanol–water partition coefficient (Wildman–Crippen LogP) is 1.74. The van der Waals surface area contributed by atoms with Gasteiger partial charge in [0, 0.05) is 26.7 Å². The highest BCUT2D eigenvalue weighted by atomic mass is 16.5. The lowest BCUT2D eigenvalue weighted by molar-refractivity contribution is -0.119. The van der Waals surface area contributed by atoms with Crippen LogP contribution in [0.5, 0.6) is 0 Å². The maximum Gasteiger partial charge on any atom is 0.317 e. The molecule has 2 aromatic rings. The Morgan fingerprint density at radius 3 is 2.82 bits per heavy atom. The molecule has 2 amide bonds. The Kier molecular flexibility index (Phi) is 5.59. The fourth-order valence-corrected chi connectivity index (χ4v) is 3.93. The molecular formula is C20H27N5O3. The van der Waals surface area contributed by atoms with Crippen molar-refractivity contribution in [3.8, 4) is 0 Å². The summed E-state index contributed by atoms with van der Waals surface area (Å²) >= 11 is 0. The highest BCUT2D eigenvalue weighted by molar-refractivity contribution is 5.74. The molecule has 1 aromatic heterocycles. The fraction of sp³-hybridized carbons (Fsp3) is 0.550. The Balaban J connectivity index is 1.26. The van der Waals surface area contributed by atoms with Gasteiger partial charge in [-0.1, -0.05) is 35.5 Å². The predicted molar refractivity (Wildman–Crippen MR) is 103 cm³/mol. The Hall–Kier alpha value is -2.45. The summed E-state index contributed by atoms with van der Waals surface area (Å²) in [6.45, 7) is 3.64. The molecule has 28 heavy (non-hydrogen) atoms. The number of methoxy groups -OCH3 is 1. The molecule has 0 radical (unpaired) electrons. The molecule has 4 rings (SSSR count). The number of fused-ring (bicyclic) bond motifs is 1. The summed E-state index contributed by atoms with van der Waals surface area (Å²) < 4.78 is 13.3. The third-order valence-electron chi connectivity index (χ3n) is 5.65. The zero-order valence-corrected chi connectivity index (χ0v) is 16.3. The molecule has 0 saturated carbocycles. The van der Waals surface area contributed by atoms with E-state index in [1.54, 1.807) is 7.11 Å².